The highest BCUT2D eigenvalue weighted by Crippen LogP contribution is 2.29. The first kappa shape index (κ1) is 17.7. The lowest BCUT2D eigenvalue weighted by atomic mass is 9.81. The number of aromatic nitrogens is 1. The summed E-state index contributed by atoms with van der Waals surface area (Å²) < 4.78 is 0. The second-order valence-corrected chi connectivity index (χ2v) is 7.62. The fourth-order valence-electron chi connectivity index (χ4n) is 3.27. The van der Waals surface area contributed by atoms with Crippen LogP contribution < -0.4 is 16.0 Å². The molecule has 2 rings (SSSR count). The predicted octanol–water partition coefficient (Wildman–Crippen LogP) is 2.57. The fourth-order valence-corrected chi connectivity index (χ4v) is 4.18. The third kappa shape index (κ3) is 4.02. The van der Waals surface area contributed by atoms with Crippen molar-refractivity contribution < 1.29 is 9.59 Å². The van der Waals surface area contributed by atoms with Crippen LogP contribution in [-0.4, -0.2) is 29.5 Å². The van der Waals surface area contributed by atoms with Crippen LogP contribution in [0.5, 0.6) is 0 Å². The maximum Gasteiger partial charge on any atom is 0.316 e. The molecule has 0 aromatic carbocycles. The average Bonchev–Trinajstić information content (AvgIpc) is 2.85. The van der Waals surface area contributed by atoms with Gasteiger partial charge in [0.05, 0.1) is 16.7 Å². The minimum Gasteiger partial charge on any atom is -0.357 e. The largest absolute Gasteiger partial charge is 0.357 e. The van der Waals surface area contributed by atoms with Crippen LogP contribution >= 0.6 is 11.3 Å². The third-order valence-electron chi connectivity index (χ3n) is 4.42. The average molecular weight is 338 g/mol. The number of hydrogen-bond donors (Lipinski definition) is 3. The zero-order valence-corrected chi connectivity index (χ0v) is 15.1. The highest BCUT2D eigenvalue weighted by Gasteiger charge is 2.40. The maximum absolute atomic E-state index is 12.4. The molecular weight excluding hydrogens is 312 g/mol. The molecule has 1 atom stereocenters. The summed E-state index contributed by atoms with van der Waals surface area (Å²) in [4.78, 5) is 30.3. The Balaban J connectivity index is 2.04. The molecule has 0 spiro atoms. The lowest BCUT2D eigenvalue weighted by Crippen LogP contribution is -2.61. The second-order valence-electron chi connectivity index (χ2n) is 6.22. The van der Waals surface area contributed by atoms with Gasteiger partial charge in [-0.3, -0.25) is 4.79 Å². The lowest BCUT2D eigenvalue weighted by Gasteiger charge is -2.36. The van der Waals surface area contributed by atoms with Gasteiger partial charge >= 0.3 is 6.03 Å². The van der Waals surface area contributed by atoms with Gasteiger partial charge in [0.25, 0.3) is 0 Å². The van der Waals surface area contributed by atoms with Crippen LogP contribution in [0.1, 0.15) is 60.6 Å². The van der Waals surface area contributed by atoms with Gasteiger partial charge in [-0.1, -0.05) is 19.3 Å². The summed E-state index contributed by atoms with van der Waals surface area (Å²) in [5, 5.41) is 9.51. The van der Waals surface area contributed by atoms with Crippen LogP contribution in [0.3, 0.4) is 0 Å². The number of urea groups is 1. The molecule has 1 aliphatic rings. The van der Waals surface area contributed by atoms with Crippen molar-refractivity contribution in [1.29, 1.82) is 0 Å². The molecule has 1 aromatic rings. The van der Waals surface area contributed by atoms with E-state index >= 15 is 0 Å². The zero-order chi connectivity index (χ0) is 17.0. The van der Waals surface area contributed by atoms with Crippen molar-refractivity contribution in [2.75, 3.05) is 7.05 Å². The molecule has 0 bridgehead atoms. The van der Waals surface area contributed by atoms with E-state index in [0.29, 0.717) is 12.8 Å². The summed E-state index contributed by atoms with van der Waals surface area (Å²) in [6.07, 6.45) is 4.38. The number of aryl methyl sites for hydroxylation is 2. The Morgan fingerprint density at radius 1 is 1.22 bits per heavy atom. The standard InChI is InChI=1S/C16H26N4O2S/c1-10(13-11(2)23-12(3)19-13)18-15(22)20-16(14(21)17-4)8-6-5-7-9-16/h10H,5-9H2,1-4H3,(H,17,21)(H2,18,20,22). The first-order valence-electron chi connectivity index (χ1n) is 8.13. The number of likely N-dealkylation sites (N-methyl/N-ethyl adjacent to an activating group) is 1. The van der Waals surface area contributed by atoms with Crippen molar-refractivity contribution in [3.8, 4) is 0 Å². The predicted molar refractivity (Wildman–Crippen MR) is 91.6 cm³/mol. The molecular formula is C16H26N4O2S. The van der Waals surface area contributed by atoms with Crippen LogP contribution in [0.4, 0.5) is 4.79 Å². The van der Waals surface area contributed by atoms with Gasteiger partial charge in [-0.15, -0.1) is 11.3 Å². The highest BCUT2D eigenvalue weighted by atomic mass is 32.1. The van der Waals surface area contributed by atoms with Crippen molar-refractivity contribution in [3.63, 3.8) is 0 Å². The van der Waals surface area contributed by atoms with Gasteiger partial charge in [-0.2, -0.15) is 0 Å². The van der Waals surface area contributed by atoms with E-state index in [9.17, 15) is 9.59 Å². The van der Waals surface area contributed by atoms with Crippen LogP contribution in [0, 0.1) is 13.8 Å². The monoisotopic (exact) mass is 338 g/mol. The van der Waals surface area contributed by atoms with E-state index in [1.807, 2.05) is 20.8 Å². The number of thiazole rings is 1. The van der Waals surface area contributed by atoms with Gasteiger partial charge in [-0.05, 0) is 33.6 Å². The molecule has 6 nitrogen and oxygen atoms in total. The highest BCUT2D eigenvalue weighted by molar-refractivity contribution is 7.11. The fraction of sp³-hybridized carbons (Fsp3) is 0.688. The van der Waals surface area contributed by atoms with E-state index < -0.39 is 5.54 Å². The van der Waals surface area contributed by atoms with Crippen molar-refractivity contribution in [3.05, 3.63) is 15.6 Å². The number of carbonyl (C=O) groups is 2. The molecule has 128 valence electrons. The Labute approximate surface area is 141 Å². The Morgan fingerprint density at radius 2 is 1.87 bits per heavy atom. The second kappa shape index (κ2) is 7.29. The number of nitrogens with one attached hydrogen (secondary N) is 3. The van der Waals surface area contributed by atoms with Crippen molar-refractivity contribution >= 4 is 23.3 Å². The van der Waals surface area contributed by atoms with Gasteiger partial charge in [0.15, 0.2) is 0 Å². The summed E-state index contributed by atoms with van der Waals surface area (Å²) in [7, 11) is 1.61. The molecule has 1 aliphatic carbocycles. The van der Waals surface area contributed by atoms with E-state index in [4.69, 9.17) is 0 Å². The van der Waals surface area contributed by atoms with Crippen molar-refractivity contribution in [2.24, 2.45) is 0 Å². The summed E-state index contributed by atoms with van der Waals surface area (Å²) in [6.45, 7) is 5.87. The molecule has 1 unspecified atom stereocenters. The van der Waals surface area contributed by atoms with Gasteiger partial charge in [0, 0.05) is 11.9 Å². The lowest BCUT2D eigenvalue weighted by molar-refractivity contribution is -0.128. The van der Waals surface area contributed by atoms with Crippen LogP contribution in [-0.2, 0) is 4.79 Å². The maximum atomic E-state index is 12.4. The van der Waals surface area contributed by atoms with Crippen LogP contribution in [0.2, 0.25) is 0 Å². The summed E-state index contributed by atoms with van der Waals surface area (Å²) in [5.41, 5.74) is 0.101. The molecule has 0 radical (unpaired) electrons. The van der Waals surface area contributed by atoms with Crippen molar-refractivity contribution in [2.45, 2.75) is 64.5 Å². The van der Waals surface area contributed by atoms with E-state index in [1.54, 1.807) is 18.4 Å². The molecule has 1 aromatic heterocycles. The number of hydrogen-bond acceptors (Lipinski definition) is 4. The number of nitrogens with zero attached hydrogens (tertiary/aromatic N) is 1. The molecule has 1 fully saturated rings. The minimum atomic E-state index is -0.788. The zero-order valence-electron chi connectivity index (χ0n) is 14.3. The van der Waals surface area contributed by atoms with Crippen molar-refractivity contribution in [1.82, 2.24) is 20.9 Å². The number of rotatable bonds is 4. The molecule has 1 saturated carbocycles. The minimum absolute atomic E-state index is 0.110. The first-order chi connectivity index (χ1) is 10.9. The van der Waals surface area contributed by atoms with E-state index in [-0.39, 0.29) is 18.0 Å². The molecule has 7 heteroatoms. The van der Waals surface area contributed by atoms with Gasteiger partial charge in [0.1, 0.15) is 5.54 Å². The van der Waals surface area contributed by atoms with Crippen LogP contribution in [0.15, 0.2) is 0 Å². The van der Waals surface area contributed by atoms with E-state index in [2.05, 4.69) is 20.9 Å². The van der Waals surface area contributed by atoms with Gasteiger partial charge < -0.3 is 16.0 Å². The topological polar surface area (TPSA) is 83.1 Å². The Bertz CT molecular complexity index is 579. The molecule has 3 amide bonds. The summed E-state index contributed by atoms with van der Waals surface area (Å²) in [5.74, 6) is -0.110. The number of carbonyl (C=O) groups excluding carboxylic acids is 2. The smallest absolute Gasteiger partial charge is 0.316 e. The number of amides is 3. The first-order valence-corrected chi connectivity index (χ1v) is 8.94. The third-order valence-corrected chi connectivity index (χ3v) is 5.32. The van der Waals surface area contributed by atoms with E-state index in [0.717, 1.165) is 34.8 Å². The van der Waals surface area contributed by atoms with Gasteiger partial charge in [0.2, 0.25) is 5.91 Å². The Kier molecular flexibility index (Phi) is 5.62. The van der Waals surface area contributed by atoms with E-state index in [1.165, 1.54) is 0 Å². The normalized spacial score (nSPS) is 18.1. The molecule has 23 heavy (non-hydrogen) atoms. The molecule has 3 N–H and O–H groups in total. The molecule has 0 saturated heterocycles. The summed E-state index contributed by atoms with van der Waals surface area (Å²) >= 11 is 1.62. The molecule has 1 heterocycles. The Morgan fingerprint density at radius 3 is 2.39 bits per heavy atom. The quantitative estimate of drug-likeness (QED) is 0.789. The molecule has 0 aliphatic heterocycles. The van der Waals surface area contributed by atoms with Crippen LogP contribution in [0.25, 0.3) is 0 Å². The van der Waals surface area contributed by atoms with Gasteiger partial charge in [-0.25, -0.2) is 9.78 Å². The Hall–Kier alpha value is -1.63. The summed E-state index contributed by atoms with van der Waals surface area (Å²) in [6, 6.07) is -0.502. The SMILES string of the molecule is CNC(=O)C1(NC(=O)NC(C)c2nc(C)sc2C)CCCCC1.